The molecule has 5 N–H and O–H groups in total. The first-order valence-corrected chi connectivity index (χ1v) is 10.3. The number of nitrogens with two attached hydrogens (primary N) is 1. The molecular weight excluding hydrogens is 416 g/mol. The van der Waals surface area contributed by atoms with E-state index in [9.17, 15) is 23.5 Å². The normalized spacial score (nSPS) is 11.9. The number of carbonyl (C=O) groups excluding carboxylic acids is 1. The molecule has 0 aliphatic carbocycles. The van der Waals surface area contributed by atoms with Crippen molar-refractivity contribution in [1.82, 2.24) is 10.3 Å². The smallest absolute Gasteiger partial charge is 0.326 e. The molecule has 0 spiro atoms. The quantitative estimate of drug-likeness (QED) is 0.405. The van der Waals surface area contributed by atoms with Gasteiger partial charge in [-0.3, -0.25) is 4.79 Å². The average molecular weight is 441 g/mol. The lowest BCUT2D eigenvalue weighted by atomic mass is 9.98. The number of rotatable bonds is 9. The zero-order valence-electron chi connectivity index (χ0n) is 17.6. The van der Waals surface area contributed by atoms with Gasteiger partial charge in [0.1, 0.15) is 17.7 Å². The van der Waals surface area contributed by atoms with Crippen LogP contribution in [0, 0.1) is 18.6 Å². The maximum absolute atomic E-state index is 13.4. The predicted octanol–water partition coefficient (Wildman–Crippen LogP) is 3.79. The number of nitrogens with one attached hydrogen (secondary N) is 2. The molecule has 0 saturated heterocycles. The van der Waals surface area contributed by atoms with Crippen molar-refractivity contribution in [1.29, 1.82) is 0 Å². The number of carboxylic acids is 1. The minimum absolute atomic E-state index is 0.0596. The van der Waals surface area contributed by atoms with E-state index < -0.39 is 17.9 Å². The molecule has 8 heteroatoms. The van der Waals surface area contributed by atoms with Crippen LogP contribution in [0.4, 0.5) is 8.78 Å². The van der Waals surface area contributed by atoms with Crippen LogP contribution in [0.15, 0.2) is 48.5 Å². The van der Waals surface area contributed by atoms with Crippen molar-refractivity contribution < 1.29 is 23.5 Å². The molecule has 1 unspecified atom stereocenters. The third kappa shape index (κ3) is 5.39. The van der Waals surface area contributed by atoms with Gasteiger partial charge in [0.15, 0.2) is 0 Å². The van der Waals surface area contributed by atoms with E-state index in [0.29, 0.717) is 6.42 Å². The van der Waals surface area contributed by atoms with Crippen molar-refractivity contribution in [2.75, 3.05) is 6.54 Å². The van der Waals surface area contributed by atoms with Gasteiger partial charge in [0, 0.05) is 17.8 Å². The summed E-state index contributed by atoms with van der Waals surface area (Å²) in [6.45, 7) is 2.04. The number of carbonyl (C=O) groups is 2. The molecule has 32 heavy (non-hydrogen) atoms. The number of halogens is 2. The van der Waals surface area contributed by atoms with Crippen LogP contribution >= 0.6 is 0 Å². The number of amides is 1. The van der Waals surface area contributed by atoms with Gasteiger partial charge in [-0.15, -0.1) is 0 Å². The highest BCUT2D eigenvalue weighted by molar-refractivity contribution is 5.84. The summed E-state index contributed by atoms with van der Waals surface area (Å²) in [5, 5.41) is 11.7. The summed E-state index contributed by atoms with van der Waals surface area (Å²) < 4.78 is 26.8. The number of H-pyrrole nitrogens is 1. The van der Waals surface area contributed by atoms with Crippen molar-refractivity contribution in [2.45, 2.75) is 32.2 Å². The molecule has 168 valence electrons. The largest absolute Gasteiger partial charge is 0.480 e. The maximum Gasteiger partial charge on any atom is 0.326 e. The summed E-state index contributed by atoms with van der Waals surface area (Å²) in [4.78, 5) is 27.0. The Morgan fingerprint density at radius 1 is 1.00 bits per heavy atom. The second-order valence-electron chi connectivity index (χ2n) is 7.53. The fourth-order valence-electron chi connectivity index (χ4n) is 3.64. The second-order valence-corrected chi connectivity index (χ2v) is 7.53. The number of aromatic amines is 1. The Balaban J connectivity index is 1.91. The van der Waals surface area contributed by atoms with E-state index >= 15 is 0 Å². The van der Waals surface area contributed by atoms with Crippen molar-refractivity contribution in [3.63, 3.8) is 0 Å². The van der Waals surface area contributed by atoms with Crippen LogP contribution in [0.2, 0.25) is 0 Å². The van der Waals surface area contributed by atoms with E-state index in [1.165, 1.54) is 24.3 Å². The van der Waals surface area contributed by atoms with Gasteiger partial charge in [0.25, 0.3) is 0 Å². The van der Waals surface area contributed by atoms with Gasteiger partial charge in [0.2, 0.25) is 5.91 Å². The number of carboxylic acid groups (broad SMARTS) is 1. The van der Waals surface area contributed by atoms with Gasteiger partial charge in [-0.1, -0.05) is 0 Å². The van der Waals surface area contributed by atoms with E-state index in [1.807, 2.05) is 6.92 Å². The van der Waals surface area contributed by atoms with Gasteiger partial charge in [-0.2, -0.15) is 0 Å². The van der Waals surface area contributed by atoms with Crippen LogP contribution in [-0.2, 0) is 16.0 Å². The molecular formula is C24H25F2N3O3. The Morgan fingerprint density at radius 3 is 2.03 bits per heavy atom. The molecule has 0 saturated carbocycles. The van der Waals surface area contributed by atoms with E-state index in [-0.39, 0.29) is 31.0 Å². The second kappa shape index (κ2) is 10.2. The number of aliphatic carboxylic acids is 1. The molecule has 1 amide bonds. The van der Waals surface area contributed by atoms with Crippen molar-refractivity contribution in [3.8, 4) is 22.5 Å². The van der Waals surface area contributed by atoms with Crippen LogP contribution in [0.5, 0.6) is 0 Å². The zero-order chi connectivity index (χ0) is 23.3. The molecule has 0 radical (unpaired) electrons. The number of aromatic nitrogens is 1. The summed E-state index contributed by atoms with van der Waals surface area (Å²) in [7, 11) is 0. The first kappa shape index (κ1) is 23.1. The predicted molar refractivity (Wildman–Crippen MR) is 118 cm³/mol. The summed E-state index contributed by atoms with van der Waals surface area (Å²) in [6.07, 6.45) is 0.529. The van der Waals surface area contributed by atoms with Crippen LogP contribution in [-0.4, -0.2) is 34.6 Å². The number of hydrogen-bond acceptors (Lipinski definition) is 3. The fraction of sp³-hybridized carbons (Fsp3) is 0.250. The summed E-state index contributed by atoms with van der Waals surface area (Å²) in [6, 6.07) is 11.0. The molecule has 1 heterocycles. The molecule has 0 aliphatic heterocycles. The average Bonchev–Trinajstić information content (AvgIpc) is 3.09. The molecule has 1 atom stereocenters. The highest BCUT2D eigenvalue weighted by atomic mass is 19.1. The molecule has 0 bridgehead atoms. The Bertz CT molecular complexity index is 1090. The molecule has 3 aromatic rings. The van der Waals surface area contributed by atoms with E-state index in [1.54, 1.807) is 24.3 Å². The van der Waals surface area contributed by atoms with E-state index in [4.69, 9.17) is 5.73 Å². The van der Waals surface area contributed by atoms with Gasteiger partial charge < -0.3 is 21.1 Å². The number of hydrogen-bond donors (Lipinski definition) is 4. The maximum atomic E-state index is 13.4. The SMILES string of the molecule is Cc1c(-c2ccc(F)cc2)[nH]c(-c2ccc(F)cc2)c1CCC(=O)NC(CCN)C(=O)O. The summed E-state index contributed by atoms with van der Waals surface area (Å²) >= 11 is 0. The standard InChI is InChI=1S/C24H25F2N3O3/c1-14-19(10-11-21(30)28-20(12-13-27)24(31)32)23(16-4-8-18(26)9-5-16)29-22(14)15-2-6-17(25)7-3-15/h2-9,20,29H,10-13,27H2,1H3,(H,28,30)(H,31,32). The Hall–Kier alpha value is -3.52. The Kier molecular flexibility index (Phi) is 7.37. The topological polar surface area (TPSA) is 108 Å². The lowest BCUT2D eigenvalue weighted by Gasteiger charge is -2.13. The summed E-state index contributed by atoms with van der Waals surface area (Å²) in [5.74, 6) is -2.25. The fourth-order valence-corrected chi connectivity index (χ4v) is 3.64. The molecule has 1 aromatic heterocycles. The first-order chi connectivity index (χ1) is 15.3. The van der Waals surface area contributed by atoms with E-state index in [2.05, 4.69) is 10.3 Å². The van der Waals surface area contributed by atoms with Crippen LogP contribution < -0.4 is 11.1 Å². The lowest BCUT2D eigenvalue weighted by Crippen LogP contribution is -2.42. The molecule has 2 aromatic carbocycles. The van der Waals surface area contributed by atoms with Crippen molar-refractivity contribution in [2.24, 2.45) is 5.73 Å². The Morgan fingerprint density at radius 2 is 1.53 bits per heavy atom. The third-order valence-electron chi connectivity index (χ3n) is 5.34. The first-order valence-electron chi connectivity index (χ1n) is 10.3. The summed E-state index contributed by atoms with van der Waals surface area (Å²) in [5.41, 5.74) is 10.2. The highest BCUT2D eigenvalue weighted by Crippen LogP contribution is 2.34. The molecule has 0 aliphatic rings. The Labute approximate surface area is 184 Å². The van der Waals surface area contributed by atoms with Gasteiger partial charge in [-0.05, 0) is 97.1 Å². The van der Waals surface area contributed by atoms with Crippen molar-refractivity contribution >= 4 is 11.9 Å². The lowest BCUT2D eigenvalue weighted by molar-refractivity contribution is -0.141. The van der Waals surface area contributed by atoms with E-state index in [0.717, 1.165) is 33.6 Å². The van der Waals surface area contributed by atoms with Crippen LogP contribution in [0.25, 0.3) is 22.5 Å². The highest BCUT2D eigenvalue weighted by Gasteiger charge is 2.21. The zero-order valence-corrected chi connectivity index (χ0v) is 17.6. The minimum Gasteiger partial charge on any atom is -0.480 e. The third-order valence-corrected chi connectivity index (χ3v) is 5.34. The van der Waals surface area contributed by atoms with Gasteiger partial charge in [0.05, 0.1) is 0 Å². The monoisotopic (exact) mass is 441 g/mol. The van der Waals surface area contributed by atoms with Crippen LogP contribution in [0.3, 0.4) is 0 Å². The molecule has 3 rings (SSSR count). The number of benzene rings is 2. The molecule has 6 nitrogen and oxygen atoms in total. The molecule has 0 fully saturated rings. The minimum atomic E-state index is -1.13. The van der Waals surface area contributed by atoms with Gasteiger partial charge >= 0.3 is 5.97 Å². The van der Waals surface area contributed by atoms with Crippen LogP contribution in [0.1, 0.15) is 24.0 Å². The van der Waals surface area contributed by atoms with Gasteiger partial charge in [-0.25, -0.2) is 13.6 Å². The van der Waals surface area contributed by atoms with Crippen molar-refractivity contribution in [3.05, 3.63) is 71.3 Å².